The number of sulfonamides is 1. The van der Waals surface area contributed by atoms with Gasteiger partial charge < -0.3 is 10.6 Å². The van der Waals surface area contributed by atoms with Crippen LogP contribution in [0.5, 0.6) is 0 Å². The average molecular weight is 440 g/mol. The Bertz CT molecular complexity index is 854. The van der Waals surface area contributed by atoms with Gasteiger partial charge in [0.25, 0.3) is 0 Å². The lowest BCUT2D eigenvalue weighted by Crippen LogP contribution is -2.31. The fourth-order valence-electron chi connectivity index (χ4n) is 2.39. The molecule has 3 N–H and O–H groups in total. The molecule has 0 aliphatic carbocycles. The highest BCUT2D eigenvalue weighted by atomic mass is 79.9. The Morgan fingerprint density at radius 3 is 2.31 bits per heavy atom. The molecule has 0 bridgehead atoms. The summed E-state index contributed by atoms with van der Waals surface area (Å²) >= 11 is 3.47. The molecule has 2 aromatic carbocycles. The molecule has 0 aliphatic rings. The number of carbonyl (C=O) groups is 1. The van der Waals surface area contributed by atoms with Crippen LogP contribution in [0.4, 0.5) is 16.2 Å². The lowest BCUT2D eigenvalue weighted by Gasteiger charge is -2.16. The molecular formula is C18H22BrN3O3S. The molecule has 6 nitrogen and oxygen atoms in total. The Balaban J connectivity index is 1.94. The van der Waals surface area contributed by atoms with Gasteiger partial charge in [0.15, 0.2) is 0 Å². The number of halogens is 1. The number of amides is 2. The SMILES string of the molecule is CCCS(=O)(=O)Nc1ccc(NC(=O)NC(C)c2ccccc2Br)cc1. The lowest BCUT2D eigenvalue weighted by atomic mass is 10.1. The topological polar surface area (TPSA) is 87.3 Å². The molecule has 1 atom stereocenters. The predicted octanol–water partition coefficient (Wildman–Crippen LogP) is 4.48. The maximum atomic E-state index is 12.2. The summed E-state index contributed by atoms with van der Waals surface area (Å²) < 4.78 is 26.9. The summed E-state index contributed by atoms with van der Waals surface area (Å²) in [7, 11) is -3.33. The van der Waals surface area contributed by atoms with Crippen LogP contribution in [0.25, 0.3) is 0 Å². The Kier molecular flexibility index (Phi) is 7.05. The molecule has 0 spiro atoms. The van der Waals surface area contributed by atoms with Crippen LogP contribution in [0.2, 0.25) is 0 Å². The Hall–Kier alpha value is -2.06. The zero-order valence-corrected chi connectivity index (χ0v) is 17.0. The monoisotopic (exact) mass is 439 g/mol. The first-order valence-electron chi connectivity index (χ1n) is 8.23. The Labute approximate surface area is 162 Å². The van der Waals surface area contributed by atoms with Gasteiger partial charge >= 0.3 is 6.03 Å². The number of urea groups is 1. The molecular weight excluding hydrogens is 418 g/mol. The summed E-state index contributed by atoms with van der Waals surface area (Å²) in [6.07, 6.45) is 0.546. The van der Waals surface area contributed by atoms with E-state index in [1.807, 2.05) is 31.2 Å². The molecule has 0 saturated heterocycles. The fraction of sp³-hybridized carbons (Fsp3) is 0.278. The van der Waals surface area contributed by atoms with Gasteiger partial charge in [0.05, 0.1) is 11.8 Å². The van der Waals surface area contributed by atoms with Crippen molar-refractivity contribution in [1.82, 2.24) is 5.32 Å². The highest BCUT2D eigenvalue weighted by Crippen LogP contribution is 2.23. The number of hydrogen-bond acceptors (Lipinski definition) is 3. The zero-order valence-electron chi connectivity index (χ0n) is 14.6. The van der Waals surface area contributed by atoms with E-state index in [0.717, 1.165) is 10.0 Å². The molecule has 0 aromatic heterocycles. The largest absolute Gasteiger partial charge is 0.331 e. The van der Waals surface area contributed by atoms with Gasteiger partial charge in [-0.15, -0.1) is 0 Å². The van der Waals surface area contributed by atoms with Crippen molar-refractivity contribution < 1.29 is 13.2 Å². The summed E-state index contributed by atoms with van der Waals surface area (Å²) in [6, 6.07) is 13.7. The second-order valence-electron chi connectivity index (χ2n) is 5.84. The maximum Gasteiger partial charge on any atom is 0.319 e. The van der Waals surface area contributed by atoms with Crippen LogP contribution in [0, 0.1) is 0 Å². The summed E-state index contributed by atoms with van der Waals surface area (Å²) in [5.41, 5.74) is 2.01. The molecule has 2 amide bonds. The minimum Gasteiger partial charge on any atom is -0.331 e. The first kappa shape index (κ1) is 20.3. The van der Waals surface area contributed by atoms with Crippen molar-refractivity contribution in [1.29, 1.82) is 0 Å². The van der Waals surface area contributed by atoms with Gasteiger partial charge in [-0.1, -0.05) is 41.1 Å². The van der Waals surface area contributed by atoms with Gasteiger partial charge in [0.2, 0.25) is 10.0 Å². The number of hydrogen-bond donors (Lipinski definition) is 3. The van der Waals surface area contributed by atoms with E-state index in [4.69, 9.17) is 0 Å². The zero-order chi connectivity index (χ0) is 19.2. The smallest absolute Gasteiger partial charge is 0.319 e. The second kappa shape index (κ2) is 9.05. The van der Waals surface area contributed by atoms with Gasteiger partial charge in [-0.2, -0.15) is 0 Å². The molecule has 140 valence electrons. The van der Waals surface area contributed by atoms with E-state index in [2.05, 4.69) is 31.3 Å². The van der Waals surface area contributed by atoms with Crippen LogP contribution in [0.3, 0.4) is 0 Å². The molecule has 0 fully saturated rings. The van der Waals surface area contributed by atoms with Crippen LogP contribution in [-0.4, -0.2) is 20.2 Å². The minimum atomic E-state index is -3.33. The first-order chi connectivity index (χ1) is 12.3. The third-order valence-corrected chi connectivity index (χ3v) is 5.82. The molecule has 1 unspecified atom stereocenters. The number of carbonyl (C=O) groups excluding carboxylic acids is 1. The number of anilines is 2. The highest BCUT2D eigenvalue weighted by molar-refractivity contribution is 9.10. The quantitative estimate of drug-likeness (QED) is 0.593. The fourth-order valence-corrected chi connectivity index (χ4v) is 4.15. The number of nitrogens with one attached hydrogen (secondary N) is 3. The van der Waals surface area contributed by atoms with Crippen LogP contribution in [-0.2, 0) is 10.0 Å². The molecule has 0 radical (unpaired) electrons. The number of rotatable bonds is 7. The molecule has 8 heteroatoms. The minimum absolute atomic E-state index is 0.0718. The molecule has 0 heterocycles. The van der Waals surface area contributed by atoms with Gasteiger partial charge in [-0.05, 0) is 49.2 Å². The van der Waals surface area contributed by atoms with Crippen molar-refractivity contribution in [2.75, 3.05) is 15.8 Å². The van der Waals surface area contributed by atoms with E-state index in [-0.39, 0.29) is 17.8 Å². The van der Waals surface area contributed by atoms with Crippen molar-refractivity contribution in [3.8, 4) is 0 Å². The van der Waals surface area contributed by atoms with Gasteiger partial charge in [-0.3, -0.25) is 4.72 Å². The number of benzene rings is 2. The maximum absolute atomic E-state index is 12.2. The Morgan fingerprint density at radius 1 is 1.08 bits per heavy atom. The summed E-state index contributed by atoms with van der Waals surface area (Å²) in [4.78, 5) is 12.2. The average Bonchev–Trinajstić information content (AvgIpc) is 2.56. The van der Waals surface area contributed by atoms with Gasteiger partial charge in [0, 0.05) is 15.8 Å². The lowest BCUT2D eigenvalue weighted by molar-refractivity contribution is 0.249. The molecule has 26 heavy (non-hydrogen) atoms. The highest BCUT2D eigenvalue weighted by Gasteiger charge is 2.12. The van der Waals surface area contributed by atoms with Crippen LogP contribution >= 0.6 is 15.9 Å². The second-order valence-corrected chi connectivity index (χ2v) is 8.54. The van der Waals surface area contributed by atoms with Crippen LogP contribution in [0.15, 0.2) is 53.0 Å². The van der Waals surface area contributed by atoms with Crippen LogP contribution in [0.1, 0.15) is 31.9 Å². The van der Waals surface area contributed by atoms with Crippen molar-refractivity contribution in [2.45, 2.75) is 26.3 Å². The van der Waals surface area contributed by atoms with Crippen molar-refractivity contribution in [3.05, 3.63) is 58.6 Å². The summed E-state index contributed by atoms with van der Waals surface area (Å²) in [5.74, 6) is 0.0718. The van der Waals surface area contributed by atoms with Gasteiger partial charge in [-0.25, -0.2) is 13.2 Å². The normalized spacial score (nSPS) is 12.3. The van der Waals surface area contributed by atoms with E-state index in [9.17, 15) is 13.2 Å². The van der Waals surface area contributed by atoms with E-state index in [1.165, 1.54) is 0 Å². The molecule has 2 aromatic rings. The third kappa shape index (κ3) is 6.03. The van der Waals surface area contributed by atoms with Gasteiger partial charge in [0.1, 0.15) is 0 Å². The first-order valence-corrected chi connectivity index (χ1v) is 10.7. The summed E-state index contributed by atoms with van der Waals surface area (Å²) in [6.45, 7) is 3.70. The van der Waals surface area contributed by atoms with E-state index < -0.39 is 10.0 Å². The third-order valence-electron chi connectivity index (χ3n) is 3.61. The van der Waals surface area contributed by atoms with Crippen molar-refractivity contribution in [3.63, 3.8) is 0 Å². The standard InChI is InChI=1S/C18H22BrN3O3S/c1-3-12-26(24,25)22-15-10-8-14(9-11-15)21-18(23)20-13(2)16-6-4-5-7-17(16)19/h4-11,13,22H,3,12H2,1-2H3,(H2,20,21,23). The molecule has 0 saturated carbocycles. The van der Waals surface area contributed by atoms with Crippen molar-refractivity contribution >= 4 is 43.4 Å². The predicted molar refractivity (Wildman–Crippen MR) is 109 cm³/mol. The Morgan fingerprint density at radius 2 is 1.69 bits per heavy atom. The van der Waals surface area contributed by atoms with E-state index >= 15 is 0 Å². The molecule has 0 aliphatic heterocycles. The summed E-state index contributed by atoms with van der Waals surface area (Å²) in [5, 5.41) is 5.60. The van der Waals surface area contributed by atoms with E-state index in [0.29, 0.717) is 17.8 Å². The van der Waals surface area contributed by atoms with E-state index in [1.54, 1.807) is 31.2 Å². The van der Waals surface area contributed by atoms with Crippen molar-refractivity contribution in [2.24, 2.45) is 0 Å². The molecule has 2 rings (SSSR count). The van der Waals surface area contributed by atoms with Crippen LogP contribution < -0.4 is 15.4 Å².